The average Bonchev–Trinajstić information content (AvgIpc) is 3.28. The molecule has 4 rings (SSSR count). The molecule has 2 amide bonds. The number of benzene rings is 2. The maximum atomic E-state index is 13.4. The first kappa shape index (κ1) is 24.6. The minimum atomic E-state index is -0.621. The Morgan fingerprint density at radius 2 is 1.69 bits per heavy atom. The number of aryl methyl sites for hydroxylation is 1. The molecule has 10 heteroatoms. The molecule has 0 unspecified atom stereocenters. The number of nitrogens with two attached hydrogens (primary N) is 1. The number of primary amides is 1. The zero-order valence-electron chi connectivity index (χ0n) is 20.2. The molecule has 2 heterocycles. The van der Waals surface area contributed by atoms with Gasteiger partial charge in [0.2, 0.25) is 11.8 Å². The molecular formula is C26H28N6O4. The molecule has 0 saturated heterocycles. The molecule has 36 heavy (non-hydrogen) atoms. The smallest absolute Gasteiger partial charge is 0.333 e. The van der Waals surface area contributed by atoms with Crippen molar-refractivity contribution in [1.29, 1.82) is 0 Å². The van der Waals surface area contributed by atoms with Crippen LogP contribution in [0, 0.1) is 5.92 Å². The Hall–Kier alpha value is -4.47. The van der Waals surface area contributed by atoms with Crippen LogP contribution in [0.4, 0.5) is 5.69 Å². The Balaban J connectivity index is 1.73. The third-order valence-corrected chi connectivity index (χ3v) is 5.87. The maximum Gasteiger partial charge on any atom is 0.333 e. The molecule has 3 N–H and O–H groups in total. The first-order valence-corrected chi connectivity index (χ1v) is 11.7. The van der Waals surface area contributed by atoms with E-state index in [2.05, 4.69) is 24.1 Å². The molecule has 4 aromatic rings. The standard InChI is InChI=1S/C26H28N6O4/c1-17(2)12-13-30-16-28-24-22(30)25(35)32(26(36)31(24)14-18-6-4-3-5-7-18)15-21(33)29-20-10-8-19(9-11-20)23(27)34/h3-11,16-17H,12-15H2,1-2H3,(H2,27,34)(H,29,33). The number of imidazole rings is 1. The molecule has 0 aliphatic carbocycles. The second kappa shape index (κ2) is 10.4. The van der Waals surface area contributed by atoms with Gasteiger partial charge in [0, 0.05) is 17.8 Å². The molecule has 2 aromatic carbocycles. The maximum absolute atomic E-state index is 13.4. The van der Waals surface area contributed by atoms with Gasteiger partial charge in [-0.3, -0.25) is 19.0 Å². The van der Waals surface area contributed by atoms with Crippen LogP contribution >= 0.6 is 0 Å². The quantitative estimate of drug-likeness (QED) is 0.372. The van der Waals surface area contributed by atoms with Crippen LogP contribution in [0.5, 0.6) is 0 Å². The van der Waals surface area contributed by atoms with E-state index >= 15 is 0 Å². The van der Waals surface area contributed by atoms with Crippen LogP contribution in [0.1, 0.15) is 36.2 Å². The third-order valence-electron chi connectivity index (χ3n) is 5.87. The van der Waals surface area contributed by atoms with Gasteiger partial charge in [0.05, 0.1) is 12.9 Å². The minimum absolute atomic E-state index is 0.202. The van der Waals surface area contributed by atoms with Crippen molar-refractivity contribution in [3.63, 3.8) is 0 Å². The summed E-state index contributed by atoms with van der Waals surface area (Å²) in [6.07, 6.45) is 2.39. The van der Waals surface area contributed by atoms with Crippen LogP contribution in [0.2, 0.25) is 0 Å². The fourth-order valence-electron chi connectivity index (χ4n) is 3.92. The molecule has 0 saturated carbocycles. The van der Waals surface area contributed by atoms with Crippen LogP contribution in [0.25, 0.3) is 11.2 Å². The Morgan fingerprint density at radius 3 is 2.33 bits per heavy atom. The summed E-state index contributed by atoms with van der Waals surface area (Å²) < 4.78 is 4.11. The number of nitrogens with zero attached hydrogens (tertiary/aromatic N) is 4. The van der Waals surface area contributed by atoms with Gasteiger partial charge in [0.25, 0.3) is 5.56 Å². The van der Waals surface area contributed by atoms with Crippen LogP contribution in [0.3, 0.4) is 0 Å². The predicted molar refractivity (Wildman–Crippen MR) is 137 cm³/mol. The van der Waals surface area contributed by atoms with Crippen LogP contribution in [-0.4, -0.2) is 30.5 Å². The van der Waals surface area contributed by atoms with Gasteiger partial charge in [-0.15, -0.1) is 0 Å². The number of fused-ring (bicyclic) bond motifs is 1. The van der Waals surface area contributed by atoms with Crippen molar-refractivity contribution in [3.05, 3.63) is 92.9 Å². The van der Waals surface area contributed by atoms with Gasteiger partial charge >= 0.3 is 5.69 Å². The molecule has 0 radical (unpaired) electrons. The molecule has 2 aromatic heterocycles. The zero-order chi connectivity index (χ0) is 25.8. The van der Waals surface area contributed by atoms with E-state index in [0.717, 1.165) is 16.6 Å². The molecule has 0 atom stereocenters. The van der Waals surface area contributed by atoms with Gasteiger partial charge in [-0.05, 0) is 42.2 Å². The van der Waals surface area contributed by atoms with E-state index in [0.29, 0.717) is 23.7 Å². The van der Waals surface area contributed by atoms with Crippen LogP contribution < -0.4 is 22.3 Å². The topological polar surface area (TPSA) is 134 Å². The van der Waals surface area contributed by atoms with Gasteiger partial charge < -0.3 is 15.6 Å². The Labute approximate surface area is 207 Å². The number of anilines is 1. The lowest BCUT2D eigenvalue weighted by molar-refractivity contribution is -0.116. The van der Waals surface area contributed by atoms with Crippen molar-refractivity contribution in [3.8, 4) is 0 Å². The lowest BCUT2D eigenvalue weighted by Gasteiger charge is -2.13. The summed E-state index contributed by atoms with van der Waals surface area (Å²) in [6, 6.07) is 15.4. The number of hydrogen-bond acceptors (Lipinski definition) is 5. The van der Waals surface area contributed by atoms with E-state index < -0.39 is 29.6 Å². The van der Waals surface area contributed by atoms with E-state index in [1.165, 1.54) is 28.8 Å². The normalized spacial score (nSPS) is 11.2. The van der Waals surface area contributed by atoms with Gasteiger partial charge in [-0.25, -0.2) is 14.3 Å². The van der Waals surface area contributed by atoms with Gasteiger partial charge in [-0.2, -0.15) is 0 Å². The molecule has 0 aliphatic rings. The number of carbonyl (C=O) groups excluding carboxylic acids is 2. The summed E-state index contributed by atoms with van der Waals surface area (Å²) in [5, 5.41) is 2.66. The van der Waals surface area contributed by atoms with Crippen molar-refractivity contribution < 1.29 is 9.59 Å². The minimum Gasteiger partial charge on any atom is -0.366 e. The van der Waals surface area contributed by atoms with Gasteiger partial charge in [-0.1, -0.05) is 44.2 Å². The summed E-state index contributed by atoms with van der Waals surface area (Å²) in [5.74, 6) is -0.729. The monoisotopic (exact) mass is 488 g/mol. The SMILES string of the molecule is CC(C)CCn1cnc2c1c(=O)n(CC(=O)Nc1ccc(C(N)=O)cc1)c(=O)n2Cc1ccccc1. The fraction of sp³-hybridized carbons (Fsp3) is 0.269. The molecular weight excluding hydrogens is 460 g/mol. The largest absolute Gasteiger partial charge is 0.366 e. The van der Waals surface area contributed by atoms with Crippen molar-refractivity contribution in [2.75, 3.05) is 5.32 Å². The highest BCUT2D eigenvalue weighted by Crippen LogP contribution is 2.13. The highest BCUT2D eigenvalue weighted by Gasteiger charge is 2.20. The van der Waals surface area contributed by atoms with Crippen molar-refractivity contribution in [2.24, 2.45) is 11.7 Å². The summed E-state index contributed by atoms with van der Waals surface area (Å²) >= 11 is 0. The van der Waals surface area contributed by atoms with E-state index in [9.17, 15) is 19.2 Å². The lowest BCUT2D eigenvalue weighted by atomic mass is 10.1. The molecule has 0 fully saturated rings. The number of hydrogen-bond donors (Lipinski definition) is 2. The molecule has 0 aliphatic heterocycles. The number of carbonyl (C=O) groups is 2. The molecule has 186 valence electrons. The van der Waals surface area contributed by atoms with E-state index in [1.54, 1.807) is 10.9 Å². The number of amides is 2. The summed E-state index contributed by atoms with van der Waals surface area (Å²) in [6.45, 7) is 4.46. The molecule has 0 bridgehead atoms. The Morgan fingerprint density at radius 1 is 1.00 bits per heavy atom. The van der Waals surface area contributed by atoms with E-state index in [-0.39, 0.29) is 17.7 Å². The summed E-state index contributed by atoms with van der Waals surface area (Å²) in [7, 11) is 0. The Kier molecular flexibility index (Phi) is 7.14. The fourth-order valence-corrected chi connectivity index (χ4v) is 3.92. The van der Waals surface area contributed by atoms with E-state index in [1.807, 2.05) is 30.3 Å². The third kappa shape index (κ3) is 5.27. The van der Waals surface area contributed by atoms with Gasteiger partial charge in [0.15, 0.2) is 11.2 Å². The van der Waals surface area contributed by atoms with Crippen molar-refractivity contribution in [2.45, 2.75) is 39.9 Å². The van der Waals surface area contributed by atoms with Crippen LogP contribution in [-0.2, 0) is 24.4 Å². The number of nitrogens with one attached hydrogen (secondary N) is 1. The second-order valence-corrected chi connectivity index (χ2v) is 9.03. The first-order valence-electron chi connectivity index (χ1n) is 11.7. The molecule has 0 spiro atoms. The highest BCUT2D eigenvalue weighted by atomic mass is 16.2. The second-order valence-electron chi connectivity index (χ2n) is 9.03. The Bertz CT molecular complexity index is 1510. The number of aromatic nitrogens is 4. The highest BCUT2D eigenvalue weighted by molar-refractivity contribution is 5.94. The number of rotatable bonds is 9. The lowest BCUT2D eigenvalue weighted by Crippen LogP contribution is -2.43. The predicted octanol–water partition coefficient (Wildman–Crippen LogP) is 2.19. The zero-order valence-corrected chi connectivity index (χ0v) is 20.2. The molecule has 10 nitrogen and oxygen atoms in total. The first-order chi connectivity index (χ1) is 17.2. The summed E-state index contributed by atoms with van der Waals surface area (Å²) in [5.41, 5.74) is 6.20. The van der Waals surface area contributed by atoms with Gasteiger partial charge in [0.1, 0.15) is 6.54 Å². The van der Waals surface area contributed by atoms with Crippen LogP contribution in [0.15, 0.2) is 70.5 Å². The average molecular weight is 489 g/mol. The van der Waals surface area contributed by atoms with Crippen molar-refractivity contribution in [1.82, 2.24) is 18.7 Å². The summed E-state index contributed by atoms with van der Waals surface area (Å²) in [4.78, 5) is 55.4. The van der Waals surface area contributed by atoms with Crippen molar-refractivity contribution >= 4 is 28.7 Å². The van der Waals surface area contributed by atoms with E-state index in [4.69, 9.17) is 5.73 Å².